The molecular formula is C27H25F5N2O4S. The van der Waals surface area contributed by atoms with E-state index in [1.807, 2.05) is 0 Å². The number of methoxy groups -OCH3 is 1. The number of nitrogens with one attached hydrogen (secondary N) is 1. The fraction of sp³-hybridized carbons (Fsp3) is 0.259. The third-order valence-electron chi connectivity index (χ3n) is 5.96. The minimum atomic E-state index is -4.25. The summed E-state index contributed by atoms with van der Waals surface area (Å²) < 4.78 is 103. The third-order valence-corrected chi connectivity index (χ3v) is 7.63. The van der Waals surface area contributed by atoms with Crippen LogP contribution in [0.25, 0.3) is 10.9 Å². The average Bonchev–Trinajstić information content (AvgIpc) is 3.28. The molecule has 0 aliphatic heterocycles. The molecule has 0 bridgehead atoms. The molecule has 0 atom stereocenters. The Morgan fingerprint density at radius 1 is 1.00 bits per heavy atom. The maximum absolute atomic E-state index is 14.1. The zero-order valence-electron chi connectivity index (χ0n) is 20.7. The minimum Gasteiger partial charge on any atom is -0.497 e. The van der Waals surface area contributed by atoms with Gasteiger partial charge in [-0.3, -0.25) is 0 Å². The molecule has 0 spiro atoms. The fourth-order valence-electron chi connectivity index (χ4n) is 3.96. The molecule has 1 heterocycles. The van der Waals surface area contributed by atoms with Crippen molar-refractivity contribution in [1.29, 1.82) is 0 Å². The van der Waals surface area contributed by atoms with Crippen molar-refractivity contribution in [3.63, 3.8) is 0 Å². The molecular weight excluding hydrogens is 543 g/mol. The number of fused-ring (bicyclic) bond motifs is 1. The monoisotopic (exact) mass is 568 g/mol. The van der Waals surface area contributed by atoms with Crippen LogP contribution >= 0.6 is 0 Å². The first-order chi connectivity index (χ1) is 18.5. The van der Waals surface area contributed by atoms with E-state index in [4.69, 9.17) is 9.47 Å². The lowest BCUT2D eigenvalue weighted by Gasteiger charge is -2.16. The molecule has 1 N–H and O–H groups in total. The van der Waals surface area contributed by atoms with E-state index in [9.17, 15) is 30.4 Å². The first-order valence-corrected chi connectivity index (χ1v) is 13.2. The number of hydrogen-bond donors (Lipinski definition) is 1. The van der Waals surface area contributed by atoms with Crippen LogP contribution in [0.15, 0.2) is 77.8 Å². The van der Waals surface area contributed by atoms with Gasteiger partial charge >= 0.3 is 12.3 Å². The molecule has 0 unspecified atom stereocenters. The molecule has 0 aliphatic rings. The normalized spacial score (nSPS) is 12.3. The van der Waals surface area contributed by atoms with Crippen molar-refractivity contribution >= 4 is 20.9 Å². The lowest BCUT2D eigenvalue weighted by molar-refractivity contribution is -0.148. The number of hydrogen-bond acceptors (Lipinski definition) is 5. The molecule has 0 saturated heterocycles. The van der Waals surface area contributed by atoms with Crippen LogP contribution in [0, 0.1) is 5.82 Å². The van der Waals surface area contributed by atoms with E-state index in [1.54, 1.807) is 24.3 Å². The summed E-state index contributed by atoms with van der Waals surface area (Å²) in [5.41, 5.74) is 1.52. The Labute approximate surface area is 222 Å². The van der Waals surface area contributed by atoms with Gasteiger partial charge < -0.3 is 14.8 Å². The van der Waals surface area contributed by atoms with E-state index in [0.717, 1.165) is 10.0 Å². The molecule has 6 nitrogen and oxygen atoms in total. The molecule has 39 heavy (non-hydrogen) atoms. The van der Waals surface area contributed by atoms with E-state index in [2.05, 4.69) is 5.32 Å². The summed E-state index contributed by atoms with van der Waals surface area (Å²) in [4.78, 5) is -0.0129. The highest BCUT2D eigenvalue weighted by Crippen LogP contribution is 2.29. The molecule has 0 saturated carbocycles. The van der Waals surface area contributed by atoms with Crippen molar-refractivity contribution in [1.82, 2.24) is 9.29 Å². The van der Waals surface area contributed by atoms with Crippen molar-refractivity contribution < 1.29 is 39.8 Å². The Hall–Kier alpha value is -3.64. The van der Waals surface area contributed by atoms with E-state index >= 15 is 0 Å². The Morgan fingerprint density at radius 3 is 2.49 bits per heavy atom. The predicted octanol–water partition coefficient (Wildman–Crippen LogP) is 5.64. The molecule has 1 aromatic heterocycles. The van der Waals surface area contributed by atoms with Crippen LogP contribution in [-0.4, -0.2) is 45.0 Å². The molecule has 0 amide bonds. The Balaban J connectivity index is 1.47. The van der Waals surface area contributed by atoms with Gasteiger partial charge in [0.1, 0.15) is 17.3 Å². The van der Waals surface area contributed by atoms with Gasteiger partial charge in [0, 0.05) is 24.2 Å². The second kappa shape index (κ2) is 11.6. The molecule has 0 aliphatic carbocycles. The smallest absolute Gasteiger partial charge is 0.340 e. The van der Waals surface area contributed by atoms with Crippen LogP contribution in [0.4, 0.5) is 22.0 Å². The van der Waals surface area contributed by atoms with Crippen LogP contribution in [0.1, 0.15) is 11.1 Å². The SMILES string of the molecule is COc1cccc(S(=O)(=O)n2cc(CCNCc3cccc(OCC(F)(F)C(F)F)c3)c3ccc(F)cc32)c1. The maximum atomic E-state index is 14.1. The molecule has 12 heteroatoms. The summed E-state index contributed by atoms with van der Waals surface area (Å²) in [5.74, 6) is -4.44. The molecule has 4 aromatic rings. The molecule has 0 radical (unpaired) electrons. The topological polar surface area (TPSA) is 69.6 Å². The number of ether oxygens (including phenoxy) is 2. The first kappa shape index (κ1) is 28.4. The van der Waals surface area contributed by atoms with Gasteiger partial charge in [-0.2, -0.15) is 8.78 Å². The number of alkyl halides is 4. The van der Waals surface area contributed by atoms with Gasteiger partial charge in [0.2, 0.25) is 0 Å². The van der Waals surface area contributed by atoms with Crippen molar-refractivity contribution in [2.75, 3.05) is 20.3 Å². The van der Waals surface area contributed by atoms with E-state index in [0.29, 0.717) is 41.8 Å². The summed E-state index contributed by atoms with van der Waals surface area (Å²) in [6.07, 6.45) is -1.98. The standard InChI is InChI=1S/C27H25F5N2O4S/c1-37-21-5-3-7-23(14-21)39(35,36)34-16-19(24-9-8-20(28)13-25(24)34)10-11-33-15-18-4-2-6-22(12-18)38-17-27(31,32)26(29)30/h2-9,12-14,16,26,33H,10-11,15,17H2,1H3. The highest BCUT2D eigenvalue weighted by molar-refractivity contribution is 7.90. The fourth-order valence-corrected chi connectivity index (χ4v) is 5.37. The number of benzene rings is 3. The molecule has 0 fully saturated rings. The van der Waals surface area contributed by atoms with Gasteiger partial charge in [0.15, 0.2) is 6.61 Å². The summed E-state index contributed by atoms with van der Waals surface area (Å²) in [6.45, 7) is -0.743. The van der Waals surface area contributed by atoms with Gasteiger partial charge in [0.25, 0.3) is 10.0 Å². The second-order valence-electron chi connectivity index (χ2n) is 8.72. The van der Waals surface area contributed by atoms with Crippen molar-refractivity contribution in [2.24, 2.45) is 0 Å². The largest absolute Gasteiger partial charge is 0.497 e. The van der Waals surface area contributed by atoms with E-state index < -0.39 is 34.8 Å². The van der Waals surface area contributed by atoms with Gasteiger partial charge in [-0.15, -0.1) is 0 Å². The van der Waals surface area contributed by atoms with Crippen LogP contribution in [0.2, 0.25) is 0 Å². The van der Waals surface area contributed by atoms with Gasteiger partial charge in [-0.25, -0.2) is 25.6 Å². The van der Waals surface area contributed by atoms with Crippen LogP contribution in [0.3, 0.4) is 0 Å². The predicted molar refractivity (Wildman–Crippen MR) is 136 cm³/mol. The zero-order valence-corrected chi connectivity index (χ0v) is 21.5. The minimum absolute atomic E-state index is 0.0129. The lowest BCUT2D eigenvalue weighted by Crippen LogP contribution is -2.33. The van der Waals surface area contributed by atoms with E-state index in [-0.39, 0.29) is 16.2 Å². The van der Waals surface area contributed by atoms with Crippen LogP contribution in [-0.2, 0) is 23.0 Å². The van der Waals surface area contributed by atoms with Crippen LogP contribution < -0.4 is 14.8 Å². The molecule has 208 valence electrons. The number of rotatable bonds is 12. The summed E-state index contributed by atoms with van der Waals surface area (Å²) >= 11 is 0. The summed E-state index contributed by atoms with van der Waals surface area (Å²) in [5, 5.41) is 3.74. The lowest BCUT2D eigenvalue weighted by atomic mass is 10.1. The average molecular weight is 569 g/mol. The Kier molecular flexibility index (Phi) is 8.45. The maximum Gasteiger partial charge on any atom is 0.340 e. The van der Waals surface area contributed by atoms with Crippen molar-refractivity contribution in [2.45, 2.75) is 30.2 Å². The van der Waals surface area contributed by atoms with Crippen molar-refractivity contribution in [3.05, 3.63) is 89.9 Å². The highest BCUT2D eigenvalue weighted by atomic mass is 32.2. The quantitative estimate of drug-likeness (QED) is 0.177. The Bertz CT molecular complexity index is 1560. The number of nitrogens with zero attached hydrogens (tertiary/aromatic N) is 1. The second-order valence-corrected chi connectivity index (χ2v) is 10.5. The summed E-state index contributed by atoms with van der Waals surface area (Å²) in [7, 11) is -2.64. The summed E-state index contributed by atoms with van der Waals surface area (Å²) in [6, 6.07) is 16.0. The molecule has 4 rings (SSSR count). The van der Waals surface area contributed by atoms with Crippen LogP contribution in [0.5, 0.6) is 11.5 Å². The van der Waals surface area contributed by atoms with Crippen molar-refractivity contribution in [3.8, 4) is 11.5 Å². The Morgan fingerprint density at radius 2 is 1.74 bits per heavy atom. The van der Waals surface area contributed by atoms with E-state index in [1.165, 1.54) is 49.7 Å². The first-order valence-electron chi connectivity index (χ1n) is 11.8. The zero-order chi connectivity index (χ0) is 28.2. The third kappa shape index (κ3) is 6.51. The number of halogens is 5. The van der Waals surface area contributed by atoms with Gasteiger partial charge in [-0.1, -0.05) is 18.2 Å². The molecule has 3 aromatic carbocycles. The number of aromatic nitrogens is 1. The van der Waals surface area contributed by atoms with Gasteiger partial charge in [-0.05, 0) is 66.6 Å². The van der Waals surface area contributed by atoms with Gasteiger partial charge in [0.05, 0.1) is 17.5 Å². The highest BCUT2D eigenvalue weighted by Gasteiger charge is 2.41.